The summed E-state index contributed by atoms with van der Waals surface area (Å²) in [6.07, 6.45) is 1.50. The van der Waals surface area contributed by atoms with Gasteiger partial charge in [0.2, 0.25) is 0 Å². The fourth-order valence-corrected chi connectivity index (χ4v) is 2.78. The van der Waals surface area contributed by atoms with Crippen LogP contribution in [0.2, 0.25) is 0 Å². The maximum Gasteiger partial charge on any atom is 0.343 e. The molecule has 0 spiro atoms. The lowest BCUT2D eigenvalue weighted by atomic mass is 10.2. The van der Waals surface area contributed by atoms with Crippen molar-refractivity contribution in [2.75, 3.05) is 13.2 Å². The summed E-state index contributed by atoms with van der Waals surface area (Å²) in [6, 6.07) is 20.5. The van der Waals surface area contributed by atoms with Crippen LogP contribution in [0, 0.1) is 0 Å². The van der Waals surface area contributed by atoms with E-state index in [1.807, 2.05) is 6.07 Å². The summed E-state index contributed by atoms with van der Waals surface area (Å²) in [7, 11) is 0. The second kappa shape index (κ2) is 8.91. The molecule has 1 aliphatic heterocycles. The van der Waals surface area contributed by atoms with E-state index in [0.717, 1.165) is 5.56 Å². The van der Waals surface area contributed by atoms with Crippen molar-refractivity contribution in [3.05, 3.63) is 89.5 Å². The lowest BCUT2D eigenvalue weighted by Gasteiger charge is -2.18. The zero-order valence-electron chi connectivity index (χ0n) is 15.9. The smallest absolute Gasteiger partial charge is 0.343 e. The van der Waals surface area contributed by atoms with E-state index in [-0.39, 0.29) is 5.91 Å². The Balaban J connectivity index is 1.33. The average Bonchev–Trinajstić information content (AvgIpc) is 2.80. The first-order valence-corrected chi connectivity index (χ1v) is 9.29. The molecule has 150 valence electrons. The van der Waals surface area contributed by atoms with Gasteiger partial charge in [0.25, 0.3) is 5.91 Å². The van der Waals surface area contributed by atoms with Gasteiger partial charge < -0.3 is 14.2 Å². The number of benzene rings is 3. The lowest BCUT2D eigenvalue weighted by Crippen LogP contribution is -2.19. The zero-order chi connectivity index (χ0) is 20.8. The molecule has 3 aromatic carbocycles. The van der Waals surface area contributed by atoms with Crippen LogP contribution in [0.15, 0.2) is 77.9 Å². The van der Waals surface area contributed by atoms with E-state index in [9.17, 15) is 9.59 Å². The van der Waals surface area contributed by atoms with E-state index in [1.165, 1.54) is 6.21 Å². The number of hydrogen-bond donors (Lipinski definition) is 1. The van der Waals surface area contributed by atoms with E-state index >= 15 is 0 Å². The topological polar surface area (TPSA) is 86.2 Å². The van der Waals surface area contributed by atoms with Crippen LogP contribution in [0.1, 0.15) is 26.3 Å². The number of nitrogens with one attached hydrogen (secondary N) is 1. The van der Waals surface area contributed by atoms with Crippen molar-refractivity contribution in [1.82, 2.24) is 5.43 Å². The minimum Gasteiger partial charge on any atom is -0.486 e. The number of esters is 1. The van der Waals surface area contributed by atoms with Gasteiger partial charge in [-0.2, -0.15) is 5.10 Å². The summed E-state index contributed by atoms with van der Waals surface area (Å²) in [5.41, 5.74) is 4.10. The van der Waals surface area contributed by atoms with E-state index in [1.54, 1.807) is 66.7 Å². The maximum absolute atomic E-state index is 12.3. The summed E-state index contributed by atoms with van der Waals surface area (Å²) in [6.45, 7) is 0.944. The number of fused-ring (bicyclic) bond motifs is 1. The molecule has 0 fully saturated rings. The number of carbonyl (C=O) groups is 2. The molecule has 7 heteroatoms. The fraction of sp³-hybridized carbons (Fsp3) is 0.0870. The second-order valence-corrected chi connectivity index (χ2v) is 6.38. The minimum absolute atomic E-state index is 0.364. The Hall–Kier alpha value is -4.13. The largest absolute Gasteiger partial charge is 0.486 e. The third kappa shape index (κ3) is 4.64. The molecule has 4 rings (SSSR count). The van der Waals surface area contributed by atoms with Crippen molar-refractivity contribution >= 4 is 18.1 Å². The van der Waals surface area contributed by atoms with E-state index in [2.05, 4.69) is 10.5 Å². The molecule has 0 aliphatic carbocycles. The Bertz CT molecular complexity index is 1080. The van der Waals surface area contributed by atoms with Crippen molar-refractivity contribution in [1.29, 1.82) is 0 Å². The highest BCUT2D eigenvalue weighted by molar-refractivity contribution is 5.95. The van der Waals surface area contributed by atoms with Crippen LogP contribution >= 0.6 is 0 Å². The number of hydrogen-bond acceptors (Lipinski definition) is 6. The maximum atomic E-state index is 12.3. The van der Waals surface area contributed by atoms with Gasteiger partial charge in [-0.25, -0.2) is 10.2 Å². The summed E-state index contributed by atoms with van der Waals surface area (Å²) in [5.74, 6) is 0.787. The van der Waals surface area contributed by atoms with Crippen LogP contribution in [0.5, 0.6) is 17.2 Å². The summed E-state index contributed by atoms with van der Waals surface area (Å²) < 4.78 is 16.2. The van der Waals surface area contributed by atoms with Gasteiger partial charge in [0.05, 0.1) is 11.8 Å². The second-order valence-electron chi connectivity index (χ2n) is 6.38. The number of hydrazone groups is 1. The number of ether oxygens (including phenoxy) is 3. The molecule has 0 bridgehead atoms. The van der Waals surface area contributed by atoms with Crippen molar-refractivity contribution in [2.24, 2.45) is 5.10 Å². The molecule has 0 saturated heterocycles. The van der Waals surface area contributed by atoms with Crippen molar-refractivity contribution in [3.63, 3.8) is 0 Å². The molecular formula is C23H18N2O5. The summed E-state index contributed by atoms with van der Waals surface area (Å²) in [5, 5.41) is 3.96. The molecule has 7 nitrogen and oxygen atoms in total. The van der Waals surface area contributed by atoms with Gasteiger partial charge in [-0.15, -0.1) is 0 Å². The molecule has 3 aromatic rings. The molecule has 1 aliphatic rings. The van der Waals surface area contributed by atoms with Gasteiger partial charge in [-0.3, -0.25) is 4.79 Å². The summed E-state index contributed by atoms with van der Waals surface area (Å²) in [4.78, 5) is 24.3. The first kappa shape index (κ1) is 19.2. The highest BCUT2D eigenvalue weighted by Gasteiger charge is 2.14. The van der Waals surface area contributed by atoms with E-state index in [0.29, 0.717) is 41.6 Å². The van der Waals surface area contributed by atoms with Crippen LogP contribution in [-0.2, 0) is 0 Å². The van der Waals surface area contributed by atoms with Gasteiger partial charge in [-0.1, -0.05) is 18.2 Å². The number of amides is 1. The summed E-state index contributed by atoms with van der Waals surface area (Å²) >= 11 is 0. The average molecular weight is 402 g/mol. The van der Waals surface area contributed by atoms with Crippen LogP contribution in [0.3, 0.4) is 0 Å². The lowest BCUT2D eigenvalue weighted by molar-refractivity contribution is 0.0734. The molecular weight excluding hydrogens is 384 g/mol. The van der Waals surface area contributed by atoms with Gasteiger partial charge >= 0.3 is 5.97 Å². The van der Waals surface area contributed by atoms with Gasteiger partial charge in [0.1, 0.15) is 19.0 Å². The zero-order valence-corrected chi connectivity index (χ0v) is 15.9. The van der Waals surface area contributed by atoms with Crippen LogP contribution in [0.4, 0.5) is 0 Å². The van der Waals surface area contributed by atoms with E-state index in [4.69, 9.17) is 14.2 Å². The Morgan fingerprint density at radius 1 is 0.867 bits per heavy atom. The molecule has 0 aromatic heterocycles. The van der Waals surface area contributed by atoms with Crippen LogP contribution < -0.4 is 19.6 Å². The van der Waals surface area contributed by atoms with Gasteiger partial charge in [-0.05, 0) is 60.2 Å². The van der Waals surface area contributed by atoms with Crippen LogP contribution in [0.25, 0.3) is 0 Å². The molecule has 1 N–H and O–H groups in total. The Labute approximate surface area is 172 Å². The molecule has 30 heavy (non-hydrogen) atoms. The highest BCUT2D eigenvalue weighted by Crippen LogP contribution is 2.30. The molecule has 1 amide bonds. The van der Waals surface area contributed by atoms with Crippen molar-refractivity contribution < 1.29 is 23.8 Å². The Kier molecular flexibility index (Phi) is 5.70. The number of rotatable bonds is 5. The van der Waals surface area contributed by atoms with Gasteiger partial charge in [0.15, 0.2) is 11.5 Å². The number of carbonyl (C=O) groups excluding carboxylic acids is 2. The molecule has 1 heterocycles. The van der Waals surface area contributed by atoms with Crippen molar-refractivity contribution in [2.45, 2.75) is 0 Å². The highest BCUT2D eigenvalue weighted by atomic mass is 16.6. The van der Waals surface area contributed by atoms with Crippen LogP contribution in [-0.4, -0.2) is 31.3 Å². The quantitative estimate of drug-likeness (QED) is 0.306. The predicted octanol–water partition coefficient (Wildman–Crippen LogP) is 3.44. The third-order valence-corrected chi connectivity index (χ3v) is 4.28. The third-order valence-electron chi connectivity index (χ3n) is 4.28. The monoisotopic (exact) mass is 402 g/mol. The number of nitrogens with zero attached hydrogens (tertiary/aromatic N) is 1. The SMILES string of the molecule is O=C(N/N=C/c1ccc(OC(=O)c2ccccc2)cc1)c1ccc2c(c1)OCCO2. The van der Waals surface area contributed by atoms with Crippen molar-refractivity contribution in [3.8, 4) is 17.2 Å². The predicted molar refractivity (Wildman–Crippen MR) is 110 cm³/mol. The minimum atomic E-state index is -0.427. The van der Waals surface area contributed by atoms with Gasteiger partial charge in [0, 0.05) is 5.56 Å². The Morgan fingerprint density at radius 2 is 1.60 bits per heavy atom. The molecule has 0 atom stereocenters. The van der Waals surface area contributed by atoms with E-state index < -0.39 is 5.97 Å². The standard InChI is InChI=1S/C23H18N2O5/c26-22(18-8-11-20-21(14-18)29-13-12-28-20)25-24-15-16-6-9-19(10-7-16)30-23(27)17-4-2-1-3-5-17/h1-11,14-15H,12-13H2,(H,25,26)/b24-15+. The molecule has 0 radical (unpaired) electrons. The molecule has 0 saturated carbocycles. The normalized spacial score (nSPS) is 12.4. The molecule has 0 unspecified atom stereocenters. The Morgan fingerprint density at radius 3 is 2.37 bits per heavy atom. The first-order valence-electron chi connectivity index (χ1n) is 9.29. The fourth-order valence-electron chi connectivity index (χ4n) is 2.78. The first-order chi connectivity index (χ1) is 14.7.